The third-order valence-corrected chi connectivity index (χ3v) is 4.42. The Labute approximate surface area is 139 Å². The van der Waals surface area contributed by atoms with Crippen LogP contribution in [0.15, 0.2) is 30.5 Å². The van der Waals surface area contributed by atoms with Gasteiger partial charge in [-0.3, -0.25) is 4.21 Å². The van der Waals surface area contributed by atoms with Crippen molar-refractivity contribution in [2.45, 2.75) is 33.4 Å². The Bertz CT molecular complexity index is 709. The van der Waals surface area contributed by atoms with Crippen molar-refractivity contribution < 1.29 is 9.00 Å². The van der Waals surface area contributed by atoms with Crippen molar-refractivity contribution in [1.82, 2.24) is 9.88 Å². The molecule has 1 aromatic carbocycles. The molecule has 0 saturated carbocycles. The topological polar surface area (TPSA) is 63.1 Å². The maximum absolute atomic E-state index is 12.0. The van der Waals surface area contributed by atoms with E-state index in [1.165, 1.54) is 5.52 Å². The monoisotopic (exact) mass is 335 g/mol. The van der Waals surface area contributed by atoms with Gasteiger partial charge in [0.05, 0.1) is 0 Å². The molecule has 2 rings (SSSR count). The number of amides is 2. The number of aromatic nitrogens is 1. The number of anilines is 1. The van der Waals surface area contributed by atoms with Crippen molar-refractivity contribution in [2.75, 3.05) is 17.3 Å². The first-order chi connectivity index (χ1) is 10.8. The minimum atomic E-state index is -0.925. The van der Waals surface area contributed by atoms with Crippen molar-refractivity contribution in [3.05, 3.63) is 30.5 Å². The molecule has 0 radical (unpaired) electrons. The van der Waals surface area contributed by atoms with Gasteiger partial charge in [0.15, 0.2) is 0 Å². The first kappa shape index (κ1) is 17.5. The van der Waals surface area contributed by atoms with E-state index in [1.54, 1.807) is 6.26 Å². The van der Waals surface area contributed by atoms with Crippen LogP contribution in [0.3, 0.4) is 0 Å². The largest absolute Gasteiger partial charge is 0.347 e. The molecule has 0 unspecified atom stereocenters. The maximum Gasteiger partial charge on any atom is 0.319 e. The fourth-order valence-corrected chi connectivity index (χ4v) is 3.40. The van der Waals surface area contributed by atoms with Gasteiger partial charge >= 0.3 is 6.03 Å². The van der Waals surface area contributed by atoms with Crippen molar-refractivity contribution >= 4 is 33.4 Å². The quantitative estimate of drug-likeness (QED) is 0.851. The maximum atomic E-state index is 12.0. The number of benzene rings is 1. The Morgan fingerprint density at radius 1 is 1.26 bits per heavy atom. The van der Waals surface area contributed by atoms with Crippen LogP contribution >= 0.6 is 0 Å². The molecule has 5 nitrogen and oxygen atoms in total. The highest BCUT2D eigenvalue weighted by molar-refractivity contribution is 7.84. The van der Waals surface area contributed by atoms with Gasteiger partial charge in [0.25, 0.3) is 0 Å². The number of carbonyl (C=O) groups is 1. The molecule has 0 spiro atoms. The number of rotatable bonds is 6. The van der Waals surface area contributed by atoms with Crippen molar-refractivity contribution in [3.63, 3.8) is 0 Å². The van der Waals surface area contributed by atoms with Crippen LogP contribution in [0.1, 0.15) is 20.8 Å². The van der Waals surface area contributed by atoms with Crippen molar-refractivity contribution in [2.24, 2.45) is 5.92 Å². The summed E-state index contributed by atoms with van der Waals surface area (Å²) in [6.07, 6.45) is 3.71. The summed E-state index contributed by atoms with van der Waals surface area (Å²) in [5.41, 5.74) is 1.92. The first-order valence-electron chi connectivity index (χ1n) is 7.81. The van der Waals surface area contributed by atoms with Gasteiger partial charge in [-0.2, -0.15) is 0 Å². The third kappa shape index (κ3) is 5.10. The van der Waals surface area contributed by atoms with Crippen LogP contribution in [0.4, 0.5) is 10.5 Å². The summed E-state index contributed by atoms with van der Waals surface area (Å²) in [4.78, 5) is 12.0. The van der Waals surface area contributed by atoms with Gasteiger partial charge < -0.3 is 15.2 Å². The van der Waals surface area contributed by atoms with E-state index in [1.807, 2.05) is 25.1 Å². The Morgan fingerprint density at radius 3 is 2.65 bits per heavy atom. The molecule has 2 amide bonds. The van der Waals surface area contributed by atoms with Crippen LogP contribution in [0, 0.1) is 5.92 Å². The zero-order valence-electron chi connectivity index (χ0n) is 14.1. The number of nitrogens with zero attached hydrogens (tertiary/aromatic N) is 1. The second-order valence-corrected chi connectivity index (χ2v) is 7.85. The first-order valence-corrected chi connectivity index (χ1v) is 9.54. The van der Waals surface area contributed by atoms with Gasteiger partial charge in [0.1, 0.15) is 0 Å². The molecule has 126 valence electrons. The second kappa shape index (κ2) is 7.64. The van der Waals surface area contributed by atoms with Gasteiger partial charge in [-0.25, -0.2) is 4.79 Å². The SMILES string of the molecule is CC(C)Cn1ccc2cc(NC(=O)N[C@@H](C)C[S@@](C)=O)ccc21. The van der Waals surface area contributed by atoms with E-state index in [0.717, 1.165) is 17.6 Å². The number of carbonyl (C=O) groups excluding carboxylic acids is 1. The summed E-state index contributed by atoms with van der Waals surface area (Å²) in [6.45, 7) is 7.20. The number of hydrogen-bond acceptors (Lipinski definition) is 2. The molecule has 23 heavy (non-hydrogen) atoms. The zero-order chi connectivity index (χ0) is 17.0. The normalized spacial score (nSPS) is 14.0. The average molecular weight is 335 g/mol. The van der Waals surface area contributed by atoms with E-state index in [2.05, 4.69) is 41.3 Å². The molecule has 0 bridgehead atoms. The summed E-state index contributed by atoms with van der Waals surface area (Å²) in [7, 11) is -0.925. The lowest BCUT2D eigenvalue weighted by Crippen LogP contribution is -2.39. The summed E-state index contributed by atoms with van der Waals surface area (Å²) < 4.78 is 13.4. The summed E-state index contributed by atoms with van der Waals surface area (Å²) in [6, 6.07) is 7.55. The fourth-order valence-electron chi connectivity index (χ4n) is 2.62. The highest BCUT2D eigenvalue weighted by Gasteiger charge is 2.10. The predicted octanol–water partition coefficient (Wildman–Crippen LogP) is 3.19. The van der Waals surface area contributed by atoms with E-state index < -0.39 is 10.8 Å². The molecule has 2 N–H and O–H groups in total. The molecule has 0 aliphatic heterocycles. The summed E-state index contributed by atoms with van der Waals surface area (Å²) in [5.74, 6) is 1.03. The molecule has 1 aromatic heterocycles. The fraction of sp³-hybridized carbons (Fsp3) is 0.471. The molecule has 0 fully saturated rings. The molecular formula is C17H25N3O2S. The highest BCUT2D eigenvalue weighted by Crippen LogP contribution is 2.21. The second-order valence-electron chi connectivity index (χ2n) is 6.37. The van der Waals surface area contributed by atoms with Crippen LogP contribution < -0.4 is 10.6 Å². The molecule has 0 saturated heterocycles. The van der Waals surface area contributed by atoms with E-state index in [-0.39, 0.29) is 12.1 Å². The van der Waals surface area contributed by atoms with Crippen LogP contribution in [0.5, 0.6) is 0 Å². The van der Waals surface area contributed by atoms with Gasteiger partial charge in [-0.05, 0) is 37.1 Å². The van der Waals surface area contributed by atoms with Gasteiger partial charge in [0, 0.05) is 58.2 Å². The smallest absolute Gasteiger partial charge is 0.319 e. The van der Waals surface area contributed by atoms with Crippen molar-refractivity contribution in [3.8, 4) is 0 Å². The number of hydrogen-bond donors (Lipinski definition) is 2. The third-order valence-electron chi connectivity index (χ3n) is 3.45. The Kier molecular flexibility index (Phi) is 5.82. The number of nitrogens with one attached hydrogen (secondary N) is 2. The summed E-state index contributed by atoms with van der Waals surface area (Å²) >= 11 is 0. The Balaban J connectivity index is 2.03. The lowest BCUT2D eigenvalue weighted by molar-refractivity contribution is 0.250. The number of urea groups is 1. The van der Waals surface area contributed by atoms with Crippen LogP contribution in [0.2, 0.25) is 0 Å². The molecule has 2 atom stereocenters. The Morgan fingerprint density at radius 2 is 2.00 bits per heavy atom. The van der Waals surface area contributed by atoms with Crippen LogP contribution in [0.25, 0.3) is 10.9 Å². The highest BCUT2D eigenvalue weighted by atomic mass is 32.2. The molecular weight excluding hydrogens is 310 g/mol. The van der Waals surface area contributed by atoms with E-state index in [9.17, 15) is 9.00 Å². The lowest BCUT2D eigenvalue weighted by atomic mass is 10.2. The van der Waals surface area contributed by atoms with E-state index in [0.29, 0.717) is 11.7 Å². The molecule has 0 aliphatic rings. The lowest BCUT2D eigenvalue weighted by Gasteiger charge is -2.13. The molecule has 6 heteroatoms. The minimum Gasteiger partial charge on any atom is -0.347 e. The molecule has 0 aliphatic carbocycles. The van der Waals surface area contributed by atoms with Gasteiger partial charge in [-0.1, -0.05) is 13.8 Å². The molecule has 2 aromatic rings. The van der Waals surface area contributed by atoms with E-state index in [4.69, 9.17) is 0 Å². The standard InChI is InChI=1S/C17H25N3O2S/c1-12(2)10-20-8-7-14-9-15(5-6-16(14)20)19-17(21)18-13(3)11-23(4)22/h5-9,12-13H,10-11H2,1-4H3,(H2,18,19,21)/t13-,23+/m0/s1. The predicted molar refractivity (Wildman–Crippen MR) is 97.3 cm³/mol. The molecule has 1 heterocycles. The summed E-state index contributed by atoms with van der Waals surface area (Å²) in [5, 5.41) is 6.72. The minimum absolute atomic E-state index is 0.128. The van der Waals surface area contributed by atoms with E-state index >= 15 is 0 Å². The van der Waals surface area contributed by atoms with Gasteiger partial charge in [0.2, 0.25) is 0 Å². The average Bonchev–Trinajstić information content (AvgIpc) is 2.79. The van der Waals surface area contributed by atoms with Gasteiger partial charge in [-0.15, -0.1) is 0 Å². The van der Waals surface area contributed by atoms with Crippen LogP contribution in [-0.2, 0) is 17.3 Å². The van der Waals surface area contributed by atoms with Crippen LogP contribution in [-0.4, -0.2) is 32.9 Å². The van der Waals surface area contributed by atoms with Crippen molar-refractivity contribution in [1.29, 1.82) is 0 Å². The number of fused-ring (bicyclic) bond motifs is 1. The Hall–Kier alpha value is -1.82. The zero-order valence-corrected chi connectivity index (χ0v) is 14.9.